The van der Waals surface area contributed by atoms with Crippen LogP contribution in [0.3, 0.4) is 0 Å². The van der Waals surface area contributed by atoms with E-state index >= 15 is 0 Å². The molecule has 21 heavy (non-hydrogen) atoms. The molecule has 1 N–H and O–H groups in total. The first kappa shape index (κ1) is 13.8. The summed E-state index contributed by atoms with van der Waals surface area (Å²) in [7, 11) is -1.29. The van der Waals surface area contributed by atoms with E-state index in [1.165, 1.54) is 9.70 Å². The predicted octanol–water partition coefficient (Wildman–Crippen LogP) is 0.231. The number of carbonyl (C=O) groups is 1. The zero-order valence-electron chi connectivity index (χ0n) is 11.5. The Morgan fingerprint density at radius 1 is 1.24 bits per heavy atom. The Bertz CT molecular complexity index is 784. The number of aromatic nitrogens is 3. The molecule has 1 aromatic heterocycles. The number of hydrogen-bond acceptors (Lipinski definition) is 5. The van der Waals surface area contributed by atoms with Gasteiger partial charge in [0.05, 0.1) is 17.2 Å². The molecule has 0 atom stereocenters. The van der Waals surface area contributed by atoms with Crippen LogP contribution in [0, 0.1) is 0 Å². The molecule has 0 aliphatic carbocycles. The van der Waals surface area contributed by atoms with Crippen LogP contribution in [-0.4, -0.2) is 58.9 Å². The monoisotopic (exact) mass is 309 g/mol. The van der Waals surface area contributed by atoms with E-state index in [2.05, 4.69) is 15.5 Å². The lowest BCUT2D eigenvalue weighted by atomic mass is 10.2. The standard InChI is InChI=1S/C12H15N5O3S/c1-16-14-10-4-2-3-9(11(10)15-16)13-12(18)17-5-7-21(19,20)8-6-17/h2-4H,5-8H2,1H3,(H,13,18). The molecule has 1 aromatic carbocycles. The minimum absolute atomic E-state index is 0.00969. The van der Waals surface area contributed by atoms with Crippen molar-refractivity contribution in [2.24, 2.45) is 7.05 Å². The third-order valence-corrected chi connectivity index (χ3v) is 4.99. The van der Waals surface area contributed by atoms with Gasteiger partial charge in [0.25, 0.3) is 0 Å². The zero-order chi connectivity index (χ0) is 15.0. The molecule has 0 bridgehead atoms. The number of nitrogens with zero attached hydrogens (tertiary/aromatic N) is 4. The number of aryl methyl sites for hydroxylation is 1. The Morgan fingerprint density at radius 2 is 1.95 bits per heavy atom. The van der Waals surface area contributed by atoms with Gasteiger partial charge in [-0.2, -0.15) is 15.0 Å². The van der Waals surface area contributed by atoms with Gasteiger partial charge in [-0.1, -0.05) is 6.07 Å². The number of urea groups is 1. The SMILES string of the molecule is Cn1nc2cccc(NC(=O)N3CCS(=O)(=O)CC3)c2n1. The van der Waals surface area contributed by atoms with Crippen molar-refractivity contribution in [1.29, 1.82) is 0 Å². The summed E-state index contributed by atoms with van der Waals surface area (Å²) in [6.07, 6.45) is 0. The Kier molecular flexibility index (Phi) is 3.28. The third kappa shape index (κ3) is 2.82. The van der Waals surface area contributed by atoms with Crippen LogP contribution >= 0.6 is 0 Å². The molecule has 112 valence electrons. The highest BCUT2D eigenvalue weighted by Gasteiger charge is 2.25. The van der Waals surface area contributed by atoms with Crippen molar-refractivity contribution in [2.45, 2.75) is 0 Å². The van der Waals surface area contributed by atoms with Gasteiger partial charge >= 0.3 is 6.03 Å². The Hall–Kier alpha value is -2.16. The molecule has 0 spiro atoms. The average Bonchev–Trinajstić information content (AvgIpc) is 2.80. The van der Waals surface area contributed by atoms with E-state index in [-0.39, 0.29) is 30.6 Å². The Morgan fingerprint density at radius 3 is 2.67 bits per heavy atom. The number of carbonyl (C=O) groups excluding carboxylic acids is 1. The van der Waals surface area contributed by atoms with E-state index in [1.54, 1.807) is 19.2 Å². The van der Waals surface area contributed by atoms with Gasteiger partial charge in [0, 0.05) is 20.1 Å². The maximum absolute atomic E-state index is 12.2. The largest absolute Gasteiger partial charge is 0.322 e. The second-order valence-electron chi connectivity index (χ2n) is 4.93. The van der Waals surface area contributed by atoms with E-state index < -0.39 is 9.84 Å². The molecule has 9 heteroatoms. The summed E-state index contributed by atoms with van der Waals surface area (Å²) in [6, 6.07) is 5.03. The van der Waals surface area contributed by atoms with Crippen molar-refractivity contribution in [3.8, 4) is 0 Å². The van der Waals surface area contributed by atoms with Crippen molar-refractivity contribution < 1.29 is 13.2 Å². The highest BCUT2D eigenvalue weighted by atomic mass is 32.2. The van der Waals surface area contributed by atoms with E-state index in [4.69, 9.17) is 0 Å². The quantitative estimate of drug-likeness (QED) is 0.813. The third-order valence-electron chi connectivity index (χ3n) is 3.39. The summed E-state index contributed by atoms with van der Waals surface area (Å²) in [5.74, 6) is 0.0194. The molecular formula is C12H15N5O3S. The minimum atomic E-state index is -3.00. The van der Waals surface area contributed by atoms with Gasteiger partial charge in [-0.15, -0.1) is 0 Å². The molecule has 0 unspecified atom stereocenters. The summed E-state index contributed by atoms with van der Waals surface area (Å²) >= 11 is 0. The molecule has 8 nitrogen and oxygen atoms in total. The second-order valence-corrected chi connectivity index (χ2v) is 7.24. The molecular weight excluding hydrogens is 294 g/mol. The molecule has 1 saturated heterocycles. The molecule has 2 aromatic rings. The topological polar surface area (TPSA) is 97.2 Å². The first-order valence-electron chi connectivity index (χ1n) is 6.51. The molecule has 0 radical (unpaired) electrons. The molecule has 2 amide bonds. The van der Waals surface area contributed by atoms with Crippen LogP contribution in [0.2, 0.25) is 0 Å². The summed E-state index contributed by atoms with van der Waals surface area (Å²) in [4.78, 5) is 15.1. The maximum atomic E-state index is 12.2. The van der Waals surface area contributed by atoms with Crippen LogP contribution in [0.15, 0.2) is 18.2 Å². The normalized spacial score (nSPS) is 17.9. The number of rotatable bonds is 1. The van der Waals surface area contributed by atoms with Crippen molar-refractivity contribution >= 4 is 32.6 Å². The summed E-state index contributed by atoms with van der Waals surface area (Å²) in [5.41, 5.74) is 1.87. The number of benzene rings is 1. The number of amides is 2. The number of sulfone groups is 1. The van der Waals surface area contributed by atoms with Gasteiger partial charge in [-0.05, 0) is 12.1 Å². The van der Waals surface area contributed by atoms with Crippen LogP contribution in [0.4, 0.5) is 10.5 Å². The lowest BCUT2D eigenvalue weighted by molar-refractivity contribution is 0.216. The summed E-state index contributed by atoms with van der Waals surface area (Å²) in [5, 5.41) is 11.2. The van der Waals surface area contributed by atoms with Gasteiger partial charge in [-0.25, -0.2) is 13.2 Å². The van der Waals surface area contributed by atoms with E-state index in [0.29, 0.717) is 16.7 Å². The van der Waals surface area contributed by atoms with Crippen molar-refractivity contribution in [3.05, 3.63) is 18.2 Å². The number of fused-ring (bicyclic) bond motifs is 1. The minimum Gasteiger partial charge on any atom is -0.322 e. The highest BCUT2D eigenvalue weighted by Crippen LogP contribution is 2.20. The average molecular weight is 309 g/mol. The zero-order valence-corrected chi connectivity index (χ0v) is 12.3. The predicted molar refractivity (Wildman–Crippen MR) is 77.8 cm³/mol. The highest BCUT2D eigenvalue weighted by molar-refractivity contribution is 7.91. The van der Waals surface area contributed by atoms with Crippen LogP contribution in [-0.2, 0) is 16.9 Å². The first-order chi connectivity index (χ1) is 9.94. The molecule has 1 aliphatic rings. The Labute approximate surface area is 121 Å². The van der Waals surface area contributed by atoms with E-state index in [0.717, 1.165) is 0 Å². The fourth-order valence-corrected chi connectivity index (χ4v) is 3.45. The molecule has 2 heterocycles. The fourth-order valence-electron chi connectivity index (χ4n) is 2.25. The molecule has 0 saturated carbocycles. The van der Waals surface area contributed by atoms with Crippen LogP contribution < -0.4 is 5.32 Å². The van der Waals surface area contributed by atoms with Crippen molar-refractivity contribution in [1.82, 2.24) is 19.9 Å². The van der Waals surface area contributed by atoms with Crippen LogP contribution in [0.1, 0.15) is 0 Å². The van der Waals surface area contributed by atoms with Gasteiger partial charge < -0.3 is 10.2 Å². The smallest absolute Gasteiger partial charge is 0.321 e. The number of anilines is 1. The number of nitrogens with one attached hydrogen (secondary N) is 1. The van der Waals surface area contributed by atoms with Gasteiger partial charge in [0.15, 0.2) is 9.84 Å². The molecule has 1 fully saturated rings. The maximum Gasteiger partial charge on any atom is 0.321 e. The van der Waals surface area contributed by atoms with Gasteiger partial charge in [0.2, 0.25) is 0 Å². The van der Waals surface area contributed by atoms with Crippen molar-refractivity contribution in [2.75, 3.05) is 29.9 Å². The Balaban J connectivity index is 1.78. The lowest BCUT2D eigenvalue weighted by Gasteiger charge is -2.26. The van der Waals surface area contributed by atoms with Crippen LogP contribution in [0.5, 0.6) is 0 Å². The van der Waals surface area contributed by atoms with Gasteiger partial charge in [0.1, 0.15) is 11.0 Å². The summed E-state index contributed by atoms with van der Waals surface area (Å²) < 4.78 is 22.8. The number of hydrogen-bond donors (Lipinski definition) is 1. The lowest BCUT2D eigenvalue weighted by Crippen LogP contribution is -2.45. The molecule has 1 aliphatic heterocycles. The fraction of sp³-hybridized carbons (Fsp3) is 0.417. The second kappa shape index (κ2) is 4.99. The van der Waals surface area contributed by atoms with E-state index in [9.17, 15) is 13.2 Å². The van der Waals surface area contributed by atoms with E-state index in [1.807, 2.05) is 6.07 Å². The summed E-state index contributed by atoms with van der Waals surface area (Å²) in [6.45, 7) is 0.426. The van der Waals surface area contributed by atoms with Crippen LogP contribution in [0.25, 0.3) is 11.0 Å². The van der Waals surface area contributed by atoms with Crippen molar-refractivity contribution in [3.63, 3.8) is 0 Å². The molecule has 3 rings (SSSR count). The van der Waals surface area contributed by atoms with Gasteiger partial charge in [-0.3, -0.25) is 0 Å². The first-order valence-corrected chi connectivity index (χ1v) is 8.33.